The number of rotatable bonds is 3. The molecule has 142 valence electrons. The molecule has 0 aromatic heterocycles. The third-order valence-corrected chi connectivity index (χ3v) is 6.32. The van der Waals surface area contributed by atoms with Crippen LogP contribution in [0.4, 0.5) is 20.2 Å². The lowest BCUT2D eigenvalue weighted by Crippen LogP contribution is -2.49. The fraction of sp³-hybridized carbons (Fsp3) is 0.619. The summed E-state index contributed by atoms with van der Waals surface area (Å²) in [4.78, 5) is 4.15. The second kappa shape index (κ2) is 6.52. The summed E-state index contributed by atoms with van der Waals surface area (Å²) < 4.78 is 27.7. The van der Waals surface area contributed by atoms with Crippen molar-refractivity contribution in [3.05, 3.63) is 29.6 Å². The van der Waals surface area contributed by atoms with E-state index >= 15 is 0 Å². The molecular formula is C21H28F2N2O. The summed E-state index contributed by atoms with van der Waals surface area (Å²) in [6, 6.07) is 3.89. The molecule has 2 fully saturated rings. The molecule has 2 aliphatic heterocycles. The molecule has 0 bridgehead atoms. The van der Waals surface area contributed by atoms with Crippen LogP contribution in [0.5, 0.6) is 0 Å². The molecule has 2 heterocycles. The van der Waals surface area contributed by atoms with Crippen molar-refractivity contribution in [3.63, 3.8) is 0 Å². The second-order valence-corrected chi connectivity index (χ2v) is 8.58. The van der Waals surface area contributed by atoms with E-state index in [0.29, 0.717) is 17.6 Å². The maximum atomic E-state index is 14.5. The fourth-order valence-electron chi connectivity index (χ4n) is 4.64. The standard InChI is InChI=1S/C21H28F2N2O/c1-21(2,26)15-5-7-17(8-6-15)25-9-3-4-14-10-18(23)20(11-19(14)25)24-12-16(22)13-24/h3-4,10-11,15-17,26H,5-9,12-13H2,1-2H3. The summed E-state index contributed by atoms with van der Waals surface area (Å²) in [5, 5.41) is 10.3. The molecule has 0 radical (unpaired) electrons. The topological polar surface area (TPSA) is 26.7 Å². The summed E-state index contributed by atoms with van der Waals surface area (Å²) in [6.07, 6.45) is 7.30. The predicted molar refractivity (Wildman–Crippen MR) is 102 cm³/mol. The third kappa shape index (κ3) is 3.22. The molecule has 0 unspecified atom stereocenters. The Morgan fingerprint density at radius 1 is 1.08 bits per heavy atom. The number of benzene rings is 1. The lowest BCUT2D eigenvalue weighted by atomic mass is 9.76. The van der Waals surface area contributed by atoms with Crippen LogP contribution >= 0.6 is 0 Å². The van der Waals surface area contributed by atoms with Crippen molar-refractivity contribution in [1.29, 1.82) is 0 Å². The molecule has 1 aromatic carbocycles. The van der Waals surface area contributed by atoms with Crippen LogP contribution in [0.25, 0.3) is 6.08 Å². The minimum atomic E-state index is -0.849. The zero-order chi connectivity index (χ0) is 18.5. The van der Waals surface area contributed by atoms with E-state index in [1.807, 2.05) is 26.0 Å². The molecule has 1 saturated heterocycles. The van der Waals surface area contributed by atoms with Crippen LogP contribution in [0.2, 0.25) is 0 Å². The maximum Gasteiger partial charge on any atom is 0.147 e. The highest BCUT2D eigenvalue weighted by molar-refractivity contribution is 5.76. The second-order valence-electron chi connectivity index (χ2n) is 8.58. The first kappa shape index (κ1) is 17.8. The number of aliphatic hydroxyl groups is 1. The van der Waals surface area contributed by atoms with Gasteiger partial charge in [0.05, 0.1) is 24.4 Å². The fourth-order valence-corrected chi connectivity index (χ4v) is 4.64. The first-order chi connectivity index (χ1) is 12.3. The predicted octanol–water partition coefficient (Wildman–Crippen LogP) is 4.15. The SMILES string of the molecule is CC(C)(O)C1CCC(N2CC=Cc3cc(F)c(N4CC(F)C4)cc32)CC1. The lowest BCUT2D eigenvalue weighted by Gasteiger charge is -2.43. The zero-order valence-corrected chi connectivity index (χ0v) is 15.6. The molecule has 0 spiro atoms. The molecule has 1 N–H and O–H groups in total. The number of fused-ring (bicyclic) bond motifs is 1. The zero-order valence-electron chi connectivity index (χ0n) is 15.6. The van der Waals surface area contributed by atoms with Gasteiger partial charge in [0.1, 0.15) is 12.0 Å². The van der Waals surface area contributed by atoms with Crippen LogP contribution in [-0.4, -0.2) is 42.6 Å². The number of nitrogens with zero attached hydrogens (tertiary/aromatic N) is 2. The molecular weight excluding hydrogens is 334 g/mol. The van der Waals surface area contributed by atoms with Crippen LogP contribution in [0.1, 0.15) is 45.1 Å². The average molecular weight is 362 g/mol. The summed E-state index contributed by atoms with van der Waals surface area (Å²) in [6.45, 7) is 5.18. The summed E-state index contributed by atoms with van der Waals surface area (Å²) in [7, 11) is 0. The van der Waals surface area contributed by atoms with Crippen molar-refractivity contribution >= 4 is 17.5 Å². The molecule has 1 aliphatic carbocycles. The highest BCUT2D eigenvalue weighted by atomic mass is 19.1. The van der Waals surface area contributed by atoms with Gasteiger partial charge in [0.2, 0.25) is 0 Å². The normalized spacial score (nSPS) is 26.7. The number of anilines is 2. The van der Waals surface area contributed by atoms with Gasteiger partial charge in [-0.3, -0.25) is 0 Å². The van der Waals surface area contributed by atoms with Gasteiger partial charge in [0.25, 0.3) is 0 Å². The van der Waals surface area contributed by atoms with E-state index in [4.69, 9.17) is 0 Å². The molecule has 4 rings (SSSR count). The molecule has 26 heavy (non-hydrogen) atoms. The Labute approximate surface area is 154 Å². The van der Waals surface area contributed by atoms with Crippen LogP contribution < -0.4 is 9.80 Å². The average Bonchev–Trinajstić information content (AvgIpc) is 2.57. The maximum absolute atomic E-state index is 14.5. The minimum absolute atomic E-state index is 0.270. The van der Waals surface area contributed by atoms with Crippen molar-refractivity contribution in [2.45, 2.75) is 57.3 Å². The Hall–Kier alpha value is -1.62. The monoisotopic (exact) mass is 362 g/mol. The molecule has 0 amide bonds. The van der Waals surface area contributed by atoms with Crippen LogP contribution in [0, 0.1) is 11.7 Å². The van der Waals surface area contributed by atoms with E-state index in [-0.39, 0.29) is 18.9 Å². The highest BCUT2D eigenvalue weighted by Crippen LogP contribution is 2.40. The number of hydrogen-bond acceptors (Lipinski definition) is 3. The summed E-state index contributed by atoms with van der Waals surface area (Å²) >= 11 is 0. The van der Waals surface area contributed by atoms with Gasteiger partial charge in [-0.1, -0.05) is 12.2 Å². The van der Waals surface area contributed by atoms with Gasteiger partial charge in [-0.05, 0) is 57.6 Å². The summed E-state index contributed by atoms with van der Waals surface area (Å²) in [5.41, 5.74) is 1.85. The van der Waals surface area contributed by atoms with Gasteiger partial charge < -0.3 is 14.9 Å². The highest BCUT2D eigenvalue weighted by Gasteiger charge is 2.35. The Kier molecular flexibility index (Phi) is 4.46. The molecule has 1 aromatic rings. The third-order valence-electron chi connectivity index (χ3n) is 6.32. The molecule has 3 nitrogen and oxygen atoms in total. The minimum Gasteiger partial charge on any atom is -0.390 e. The van der Waals surface area contributed by atoms with Crippen LogP contribution in [0.15, 0.2) is 18.2 Å². The Morgan fingerprint density at radius 3 is 2.38 bits per heavy atom. The van der Waals surface area contributed by atoms with E-state index < -0.39 is 11.8 Å². The van der Waals surface area contributed by atoms with E-state index in [9.17, 15) is 13.9 Å². The quantitative estimate of drug-likeness (QED) is 0.875. The Bertz CT molecular complexity index is 699. The van der Waals surface area contributed by atoms with Crippen molar-refractivity contribution in [2.75, 3.05) is 29.4 Å². The van der Waals surface area contributed by atoms with Gasteiger partial charge in [-0.2, -0.15) is 0 Å². The van der Waals surface area contributed by atoms with Crippen LogP contribution in [0.3, 0.4) is 0 Å². The van der Waals surface area contributed by atoms with E-state index in [0.717, 1.165) is 43.5 Å². The van der Waals surface area contributed by atoms with Gasteiger partial charge in [0.15, 0.2) is 0 Å². The van der Waals surface area contributed by atoms with E-state index in [2.05, 4.69) is 11.0 Å². The van der Waals surface area contributed by atoms with Crippen molar-refractivity contribution < 1.29 is 13.9 Å². The Balaban J connectivity index is 1.55. The Morgan fingerprint density at radius 2 is 1.77 bits per heavy atom. The smallest absolute Gasteiger partial charge is 0.147 e. The number of hydrogen-bond donors (Lipinski definition) is 1. The van der Waals surface area contributed by atoms with Gasteiger partial charge in [0, 0.05) is 23.8 Å². The first-order valence-corrected chi connectivity index (χ1v) is 9.71. The van der Waals surface area contributed by atoms with Crippen molar-refractivity contribution in [3.8, 4) is 0 Å². The molecule has 1 saturated carbocycles. The van der Waals surface area contributed by atoms with Crippen LogP contribution in [-0.2, 0) is 0 Å². The first-order valence-electron chi connectivity index (χ1n) is 9.71. The van der Waals surface area contributed by atoms with Crippen molar-refractivity contribution in [1.82, 2.24) is 0 Å². The molecule has 5 heteroatoms. The van der Waals surface area contributed by atoms with E-state index in [1.54, 1.807) is 11.0 Å². The molecule has 3 aliphatic rings. The van der Waals surface area contributed by atoms with Gasteiger partial charge in [-0.25, -0.2) is 8.78 Å². The van der Waals surface area contributed by atoms with Gasteiger partial charge in [-0.15, -0.1) is 0 Å². The van der Waals surface area contributed by atoms with E-state index in [1.165, 1.54) is 0 Å². The largest absolute Gasteiger partial charge is 0.390 e. The summed E-state index contributed by atoms with van der Waals surface area (Å²) in [5.74, 6) is 0.0674. The molecule has 0 atom stereocenters. The van der Waals surface area contributed by atoms with Crippen molar-refractivity contribution in [2.24, 2.45) is 5.92 Å². The lowest BCUT2D eigenvalue weighted by molar-refractivity contribution is -0.00149. The number of halogens is 2. The van der Waals surface area contributed by atoms with Gasteiger partial charge >= 0.3 is 0 Å². The number of alkyl halides is 1.